The van der Waals surface area contributed by atoms with E-state index in [0.717, 1.165) is 11.1 Å². The molecule has 0 aliphatic heterocycles. The third kappa shape index (κ3) is 8.48. The molecule has 0 radical (unpaired) electrons. The fourth-order valence-electron chi connectivity index (χ4n) is 1.62. The lowest BCUT2D eigenvalue weighted by Gasteiger charge is -2.16. The lowest BCUT2D eigenvalue weighted by molar-refractivity contribution is -0.105. The van der Waals surface area contributed by atoms with Crippen LogP contribution in [-0.4, -0.2) is 39.0 Å². The SMILES string of the molecule is CCOC(/C=C(C)/C(C)=C/C(OCC)OCC)OCC. The average molecular weight is 286 g/mol. The smallest absolute Gasteiger partial charge is 0.177 e. The van der Waals surface area contributed by atoms with Gasteiger partial charge >= 0.3 is 0 Å². The first kappa shape index (κ1) is 19.3. The van der Waals surface area contributed by atoms with Gasteiger partial charge < -0.3 is 18.9 Å². The molecule has 0 spiro atoms. The predicted octanol–water partition coefficient (Wildman–Crippen LogP) is 3.68. The maximum Gasteiger partial charge on any atom is 0.177 e. The van der Waals surface area contributed by atoms with Gasteiger partial charge in [0.2, 0.25) is 0 Å². The highest BCUT2D eigenvalue weighted by molar-refractivity contribution is 5.28. The standard InChI is InChI=1S/C16H30O4/c1-7-17-15(18-8-2)11-13(5)14(6)12-16(19-9-3)20-10-4/h11-12,15-16H,7-10H2,1-6H3/b13-11+,14-12+. The van der Waals surface area contributed by atoms with E-state index in [9.17, 15) is 0 Å². The van der Waals surface area contributed by atoms with Crippen molar-refractivity contribution in [3.8, 4) is 0 Å². The Morgan fingerprint density at radius 1 is 0.650 bits per heavy atom. The van der Waals surface area contributed by atoms with E-state index < -0.39 is 0 Å². The first-order valence-corrected chi connectivity index (χ1v) is 7.42. The van der Waals surface area contributed by atoms with Crippen molar-refractivity contribution in [2.45, 2.75) is 54.1 Å². The minimum Gasteiger partial charge on any atom is -0.349 e. The van der Waals surface area contributed by atoms with Gasteiger partial charge in [-0.25, -0.2) is 0 Å². The number of hydrogen-bond donors (Lipinski definition) is 0. The van der Waals surface area contributed by atoms with Crippen LogP contribution in [0.2, 0.25) is 0 Å². The van der Waals surface area contributed by atoms with E-state index in [-0.39, 0.29) is 12.6 Å². The molecule has 0 N–H and O–H groups in total. The summed E-state index contributed by atoms with van der Waals surface area (Å²) in [5.41, 5.74) is 2.20. The third-order valence-corrected chi connectivity index (χ3v) is 2.72. The van der Waals surface area contributed by atoms with Gasteiger partial charge in [0.15, 0.2) is 12.6 Å². The Morgan fingerprint density at radius 3 is 1.10 bits per heavy atom. The van der Waals surface area contributed by atoms with Crippen LogP contribution in [0.3, 0.4) is 0 Å². The molecule has 0 aromatic heterocycles. The van der Waals surface area contributed by atoms with E-state index in [1.807, 2.05) is 53.7 Å². The van der Waals surface area contributed by atoms with Gasteiger partial charge in [0.25, 0.3) is 0 Å². The van der Waals surface area contributed by atoms with Gasteiger partial charge in [-0.1, -0.05) is 0 Å². The quantitative estimate of drug-likeness (QED) is 0.429. The minimum atomic E-state index is -0.300. The van der Waals surface area contributed by atoms with Gasteiger partial charge in [0, 0.05) is 26.4 Å². The summed E-state index contributed by atoms with van der Waals surface area (Å²) in [5.74, 6) is 0. The fourth-order valence-corrected chi connectivity index (χ4v) is 1.62. The normalized spacial score (nSPS) is 13.6. The van der Waals surface area contributed by atoms with Crippen LogP contribution in [-0.2, 0) is 18.9 Å². The van der Waals surface area contributed by atoms with E-state index in [4.69, 9.17) is 18.9 Å². The van der Waals surface area contributed by atoms with Crippen LogP contribution in [0.15, 0.2) is 23.3 Å². The van der Waals surface area contributed by atoms with Crippen molar-refractivity contribution in [1.82, 2.24) is 0 Å². The molecule has 0 aromatic rings. The number of rotatable bonds is 11. The van der Waals surface area contributed by atoms with Crippen molar-refractivity contribution in [3.05, 3.63) is 23.3 Å². The molecule has 0 saturated carbocycles. The Labute approximate surface area is 123 Å². The number of ether oxygens (including phenoxy) is 4. The van der Waals surface area contributed by atoms with Gasteiger partial charge in [-0.15, -0.1) is 0 Å². The zero-order valence-corrected chi connectivity index (χ0v) is 13.8. The zero-order chi connectivity index (χ0) is 15.4. The van der Waals surface area contributed by atoms with Crippen LogP contribution >= 0.6 is 0 Å². The van der Waals surface area contributed by atoms with E-state index in [0.29, 0.717) is 26.4 Å². The summed E-state index contributed by atoms with van der Waals surface area (Å²) in [4.78, 5) is 0. The third-order valence-electron chi connectivity index (χ3n) is 2.72. The molecule has 0 unspecified atom stereocenters. The molecule has 4 nitrogen and oxygen atoms in total. The average Bonchev–Trinajstić information content (AvgIpc) is 2.39. The zero-order valence-electron chi connectivity index (χ0n) is 13.8. The first-order chi connectivity index (χ1) is 9.58. The number of hydrogen-bond acceptors (Lipinski definition) is 4. The molecular formula is C16H30O4. The van der Waals surface area contributed by atoms with Crippen molar-refractivity contribution >= 4 is 0 Å². The van der Waals surface area contributed by atoms with Gasteiger partial charge in [-0.05, 0) is 64.8 Å². The van der Waals surface area contributed by atoms with Crippen LogP contribution in [0.4, 0.5) is 0 Å². The van der Waals surface area contributed by atoms with Crippen molar-refractivity contribution in [2.24, 2.45) is 0 Å². The van der Waals surface area contributed by atoms with E-state index in [2.05, 4.69) is 0 Å². The van der Waals surface area contributed by atoms with Crippen LogP contribution in [0, 0.1) is 0 Å². The molecule has 0 aromatic carbocycles. The molecule has 0 bridgehead atoms. The molecule has 0 fully saturated rings. The second-order valence-corrected chi connectivity index (χ2v) is 4.26. The molecule has 0 heterocycles. The van der Waals surface area contributed by atoms with E-state index >= 15 is 0 Å². The summed E-state index contributed by atoms with van der Waals surface area (Å²) in [5, 5.41) is 0. The van der Waals surface area contributed by atoms with Crippen LogP contribution in [0.1, 0.15) is 41.5 Å². The summed E-state index contributed by atoms with van der Waals surface area (Å²) >= 11 is 0. The number of allylic oxidation sites excluding steroid dienone is 2. The molecule has 4 heteroatoms. The van der Waals surface area contributed by atoms with Crippen LogP contribution in [0.5, 0.6) is 0 Å². The Kier molecular flexibility index (Phi) is 11.7. The summed E-state index contributed by atoms with van der Waals surface area (Å²) in [6.07, 6.45) is 3.36. The maximum absolute atomic E-state index is 5.51. The Bertz CT molecular complexity index is 255. The molecule has 0 rings (SSSR count). The molecule has 0 aliphatic rings. The second kappa shape index (κ2) is 12.1. The van der Waals surface area contributed by atoms with Gasteiger partial charge in [-0.2, -0.15) is 0 Å². The molecule has 0 saturated heterocycles. The molecule has 20 heavy (non-hydrogen) atoms. The van der Waals surface area contributed by atoms with Crippen molar-refractivity contribution in [1.29, 1.82) is 0 Å². The Balaban J connectivity index is 4.79. The van der Waals surface area contributed by atoms with Crippen molar-refractivity contribution < 1.29 is 18.9 Å². The van der Waals surface area contributed by atoms with Gasteiger partial charge in [0.05, 0.1) is 0 Å². The van der Waals surface area contributed by atoms with E-state index in [1.165, 1.54) is 0 Å². The van der Waals surface area contributed by atoms with Crippen molar-refractivity contribution in [3.63, 3.8) is 0 Å². The fraction of sp³-hybridized carbons (Fsp3) is 0.750. The lowest BCUT2D eigenvalue weighted by Crippen LogP contribution is -2.16. The summed E-state index contributed by atoms with van der Waals surface area (Å²) in [6, 6.07) is 0. The van der Waals surface area contributed by atoms with E-state index in [1.54, 1.807) is 0 Å². The van der Waals surface area contributed by atoms with Crippen LogP contribution < -0.4 is 0 Å². The highest BCUT2D eigenvalue weighted by Crippen LogP contribution is 2.14. The lowest BCUT2D eigenvalue weighted by atomic mass is 10.1. The van der Waals surface area contributed by atoms with Gasteiger partial charge in [0.1, 0.15) is 0 Å². The molecular weight excluding hydrogens is 256 g/mol. The summed E-state index contributed by atoms with van der Waals surface area (Å²) in [7, 11) is 0. The second-order valence-electron chi connectivity index (χ2n) is 4.26. The Hall–Kier alpha value is -0.680. The Morgan fingerprint density at radius 2 is 0.900 bits per heavy atom. The largest absolute Gasteiger partial charge is 0.349 e. The highest BCUT2D eigenvalue weighted by Gasteiger charge is 2.08. The monoisotopic (exact) mass is 286 g/mol. The summed E-state index contributed by atoms with van der Waals surface area (Å²) in [6.45, 7) is 14.4. The minimum absolute atomic E-state index is 0.300. The molecule has 0 aliphatic carbocycles. The van der Waals surface area contributed by atoms with Crippen LogP contribution in [0.25, 0.3) is 0 Å². The maximum atomic E-state index is 5.51. The topological polar surface area (TPSA) is 36.9 Å². The molecule has 118 valence electrons. The molecule has 0 amide bonds. The predicted molar refractivity (Wildman–Crippen MR) is 81.6 cm³/mol. The highest BCUT2D eigenvalue weighted by atomic mass is 16.7. The van der Waals surface area contributed by atoms with Gasteiger partial charge in [-0.3, -0.25) is 0 Å². The summed E-state index contributed by atoms with van der Waals surface area (Å²) < 4.78 is 22.1. The molecule has 0 atom stereocenters. The van der Waals surface area contributed by atoms with Crippen molar-refractivity contribution in [2.75, 3.05) is 26.4 Å². The first-order valence-electron chi connectivity index (χ1n) is 7.42.